The van der Waals surface area contributed by atoms with Gasteiger partial charge in [0.2, 0.25) is 5.82 Å². The molecule has 0 saturated heterocycles. The van der Waals surface area contributed by atoms with Gasteiger partial charge in [-0.3, -0.25) is 10.1 Å². The molecule has 9 heteroatoms. The van der Waals surface area contributed by atoms with E-state index in [9.17, 15) is 19.3 Å². The zero-order valence-electron chi connectivity index (χ0n) is 16.3. The average Bonchev–Trinajstić information content (AvgIpc) is 2.59. The van der Waals surface area contributed by atoms with Crippen LogP contribution in [0.3, 0.4) is 0 Å². The summed E-state index contributed by atoms with van der Waals surface area (Å²) in [7, 11) is 0. The predicted octanol–water partition coefficient (Wildman–Crippen LogP) is 5.06. The van der Waals surface area contributed by atoms with Crippen LogP contribution in [0.2, 0.25) is 0 Å². The van der Waals surface area contributed by atoms with E-state index in [1.165, 1.54) is 4.90 Å². The summed E-state index contributed by atoms with van der Waals surface area (Å²) in [6.45, 7) is 7.02. The third-order valence-electron chi connectivity index (χ3n) is 3.93. The van der Waals surface area contributed by atoms with Crippen molar-refractivity contribution < 1.29 is 18.8 Å². The van der Waals surface area contributed by atoms with Crippen LogP contribution in [0.5, 0.6) is 0 Å². The average molecular weight is 398 g/mol. The first-order chi connectivity index (χ1) is 13.6. The monoisotopic (exact) mass is 398 g/mol. The van der Waals surface area contributed by atoms with E-state index in [1.54, 1.807) is 39.0 Å². The molecule has 2 aromatic carbocycles. The van der Waals surface area contributed by atoms with E-state index >= 15 is 0 Å². The second-order valence-corrected chi connectivity index (χ2v) is 7.43. The first-order valence-electron chi connectivity index (χ1n) is 8.75. The molecule has 0 aliphatic carbocycles. The lowest BCUT2D eigenvalue weighted by molar-refractivity contribution is -0.387. The number of aromatic nitrogens is 2. The molecule has 1 amide bonds. The number of aryl methyl sites for hydroxylation is 1. The number of ether oxygens (including phenoxy) is 1. The van der Waals surface area contributed by atoms with Gasteiger partial charge in [-0.2, -0.15) is 4.39 Å². The zero-order valence-corrected chi connectivity index (χ0v) is 16.3. The van der Waals surface area contributed by atoms with E-state index in [0.717, 1.165) is 24.0 Å². The summed E-state index contributed by atoms with van der Waals surface area (Å²) in [6, 6.07) is 9.01. The number of nitro groups is 1. The SMILES string of the molecule is Cc1cccc(N(C(=O)OC(C)(C)C)c2ncnc3cc(F)c([N+](=O)[O-])cc23)c1. The summed E-state index contributed by atoms with van der Waals surface area (Å²) in [4.78, 5) is 32.7. The summed E-state index contributed by atoms with van der Waals surface area (Å²) in [5, 5.41) is 11.3. The normalized spacial score (nSPS) is 11.3. The third kappa shape index (κ3) is 4.29. The summed E-state index contributed by atoms with van der Waals surface area (Å²) >= 11 is 0. The van der Waals surface area contributed by atoms with E-state index in [1.807, 2.05) is 13.0 Å². The minimum Gasteiger partial charge on any atom is -0.443 e. The smallest absolute Gasteiger partial charge is 0.420 e. The number of carbonyl (C=O) groups is 1. The van der Waals surface area contributed by atoms with Gasteiger partial charge in [-0.15, -0.1) is 0 Å². The maximum absolute atomic E-state index is 14.1. The van der Waals surface area contributed by atoms with Crippen LogP contribution in [0.25, 0.3) is 10.9 Å². The maximum atomic E-state index is 14.1. The summed E-state index contributed by atoms with van der Waals surface area (Å²) < 4.78 is 19.6. The van der Waals surface area contributed by atoms with Gasteiger partial charge >= 0.3 is 11.8 Å². The van der Waals surface area contributed by atoms with E-state index in [2.05, 4.69) is 9.97 Å². The quantitative estimate of drug-likeness (QED) is 0.452. The van der Waals surface area contributed by atoms with E-state index in [0.29, 0.717) is 5.69 Å². The molecule has 3 aromatic rings. The van der Waals surface area contributed by atoms with E-state index in [4.69, 9.17) is 4.74 Å². The first-order valence-corrected chi connectivity index (χ1v) is 8.75. The molecule has 0 fully saturated rings. The Morgan fingerprint density at radius 2 is 1.93 bits per heavy atom. The Hall–Kier alpha value is -3.62. The molecule has 0 aliphatic heterocycles. The van der Waals surface area contributed by atoms with Gasteiger partial charge in [0.05, 0.1) is 21.5 Å². The second kappa shape index (κ2) is 7.42. The summed E-state index contributed by atoms with van der Waals surface area (Å²) in [6.07, 6.45) is 0.436. The fourth-order valence-corrected chi connectivity index (χ4v) is 2.76. The van der Waals surface area contributed by atoms with Crippen LogP contribution in [0.15, 0.2) is 42.7 Å². The summed E-state index contributed by atoms with van der Waals surface area (Å²) in [5.41, 5.74) is -0.0704. The molecule has 150 valence electrons. The van der Waals surface area contributed by atoms with Crippen LogP contribution in [-0.2, 0) is 4.74 Å². The molecular weight excluding hydrogens is 379 g/mol. The van der Waals surface area contributed by atoms with E-state index < -0.39 is 28.1 Å². The molecule has 0 saturated carbocycles. The molecular formula is C20H19FN4O4. The molecule has 0 aliphatic rings. The van der Waals surface area contributed by atoms with Gasteiger partial charge in [0.1, 0.15) is 11.9 Å². The number of hydrogen-bond donors (Lipinski definition) is 0. The van der Waals surface area contributed by atoms with Crippen LogP contribution < -0.4 is 4.90 Å². The fraction of sp³-hybridized carbons (Fsp3) is 0.250. The van der Waals surface area contributed by atoms with Crippen molar-refractivity contribution in [2.45, 2.75) is 33.3 Å². The Balaban J connectivity index is 2.27. The molecule has 8 nitrogen and oxygen atoms in total. The molecule has 1 heterocycles. The van der Waals surface area contributed by atoms with Crippen molar-refractivity contribution >= 4 is 34.2 Å². The van der Waals surface area contributed by atoms with Crippen molar-refractivity contribution in [3.63, 3.8) is 0 Å². The number of nitro benzene ring substituents is 1. The molecule has 0 bridgehead atoms. The lowest BCUT2D eigenvalue weighted by Crippen LogP contribution is -2.34. The van der Waals surface area contributed by atoms with Crippen LogP contribution in [0, 0.1) is 22.9 Å². The van der Waals surface area contributed by atoms with Crippen molar-refractivity contribution in [2.75, 3.05) is 4.90 Å². The van der Waals surface area contributed by atoms with Crippen molar-refractivity contribution in [3.8, 4) is 0 Å². The Bertz CT molecular complexity index is 1110. The number of anilines is 2. The van der Waals surface area contributed by atoms with Gasteiger partial charge in [0.25, 0.3) is 0 Å². The Labute approximate surface area is 166 Å². The zero-order chi connectivity index (χ0) is 21.3. The lowest BCUT2D eigenvalue weighted by Gasteiger charge is -2.27. The second-order valence-electron chi connectivity index (χ2n) is 7.43. The number of benzene rings is 2. The van der Waals surface area contributed by atoms with Crippen LogP contribution in [-0.4, -0.2) is 26.6 Å². The van der Waals surface area contributed by atoms with Crippen molar-refractivity contribution in [1.82, 2.24) is 9.97 Å². The number of halogens is 1. The summed E-state index contributed by atoms with van der Waals surface area (Å²) in [5.74, 6) is -0.968. The molecule has 29 heavy (non-hydrogen) atoms. The highest BCUT2D eigenvalue weighted by atomic mass is 19.1. The third-order valence-corrected chi connectivity index (χ3v) is 3.93. The van der Waals surface area contributed by atoms with Gasteiger partial charge in [-0.05, 0) is 45.4 Å². The Kier molecular flexibility index (Phi) is 5.15. The van der Waals surface area contributed by atoms with Gasteiger partial charge in [-0.1, -0.05) is 12.1 Å². The highest BCUT2D eigenvalue weighted by Gasteiger charge is 2.29. The largest absolute Gasteiger partial charge is 0.443 e. The number of nitrogens with zero attached hydrogens (tertiary/aromatic N) is 4. The van der Waals surface area contributed by atoms with Crippen molar-refractivity contribution in [1.29, 1.82) is 0 Å². The molecule has 0 radical (unpaired) electrons. The van der Waals surface area contributed by atoms with Gasteiger partial charge in [0, 0.05) is 12.1 Å². The minimum atomic E-state index is -1.02. The highest BCUT2D eigenvalue weighted by Crippen LogP contribution is 2.34. The Morgan fingerprint density at radius 3 is 2.55 bits per heavy atom. The lowest BCUT2D eigenvalue weighted by atomic mass is 10.1. The van der Waals surface area contributed by atoms with Gasteiger partial charge < -0.3 is 4.74 Å². The van der Waals surface area contributed by atoms with Crippen molar-refractivity contribution in [3.05, 3.63) is 64.2 Å². The number of amides is 1. The molecule has 0 N–H and O–H groups in total. The number of rotatable bonds is 3. The number of hydrogen-bond acceptors (Lipinski definition) is 6. The number of fused-ring (bicyclic) bond motifs is 1. The number of carbonyl (C=O) groups excluding carboxylic acids is 1. The Morgan fingerprint density at radius 1 is 1.21 bits per heavy atom. The first kappa shape index (κ1) is 20.1. The maximum Gasteiger partial charge on any atom is 0.420 e. The predicted molar refractivity (Wildman–Crippen MR) is 106 cm³/mol. The van der Waals surface area contributed by atoms with Crippen molar-refractivity contribution in [2.24, 2.45) is 0 Å². The van der Waals surface area contributed by atoms with Gasteiger partial charge in [0.15, 0.2) is 5.82 Å². The molecule has 0 atom stereocenters. The van der Waals surface area contributed by atoms with Crippen LogP contribution >= 0.6 is 0 Å². The molecule has 0 unspecified atom stereocenters. The van der Waals surface area contributed by atoms with E-state index in [-0.39, 0.29) is 16.7 Å². The minimum absolute atomic E-state index is 0.0537. The molecule has 0 spiro atoms. The topological polar surface area (TPSA) is 98.5 Å². The molecule has 1 aromatic heterocycles. The standard InChI is InChI=1S/C20H19FN4O4/c1-12-6-5-7-13(8-12)24(19(26)29-20(2,3)4)18-14-9-17(25(27)28)15(21)10-16(14)22-11-23-18/h5-11H,1-4H3. The fourth-order valence-electron chi connectivity index (χ4n) is 2.76. The van der Waals surface area contributed by atoms with Crippen LogP contribution in [0.1, 0.15) is 26.3 Å². The van der Waals surface area contributed by atoms with Gasteiger partial charge in [-0.25, -0.2) is 19.7 Å². The van der Waals surface area contributed by atoms with Crippen LogP contribution in [0.4, 0.5) is 26.4 Å². The molecule has 3 rings (SSSR count). The highest BCUT2D eigenvalue weighted by molar-refractivity contribution is 6.04.